The summed E-state index contributed by atoms with van der Waals surface area (Å²) in [4.78, 5) is 11.9. The lowest BCUT2D eigenvalue weighted by Gasteiger charge is -2.07. The quantitative estimate of drug-likeness (QED) is 0.419. The van der Waals surface area contributed by atoms with Gasteiger partial charge in [-0.05, 0) is 24.3 Å². The van der Waals surface area contributed by atoms with Crippen molar-refractivity contribution >= 4 is 17.8 Å². The molecule has 0 aliphatic rings. The van der Waals surface area contributed by atoms with Gasteiger partial charge in [-0.1, -0.05) is 30.9 Å². The maximum atomic E-state index is 11.9. The molecule has 0 heterocycles. The summed E-state index contributed by atoms with van der Waals surface area (Å²) in [5.74, 6) is 1.14. The van der Waals surface area contributed by atoms with Crippen LogP contribution in [0.4, 0.5) is 5.69 Å². The third kappa shape index (κ3) is 6.02. The van der Waals surface area contributed by atoms with Crippen LogP contribution in [0.25, 0.3) is 0 Å². The third-order valence-corrected chi connectivity index (χ3v) is 3.19. The molecule has 6 nitrogen and oxygen atoms in total. The fraction of sp³-hybridized carbons (Fsp3) is 0.158. The van der Waals surface area contributed by atoms with E-state index < -0.39 is 0 Å². The van der Waals surface area contributed by atoms with Crippen LogP contribution in [0.1, 0.15) is 5.56 Å². The zero-order valence-corrected chi connectivity index (χ0v) is 14.1. The van der Waals surface area contributed by atoms with Crippen molar-refractivity contribution in [2.24, 2.45) is 5.10 Å². The molecular formula is C19H21N3O3. The first kappa shape index (κ1) is 18.1. The number of hydrazone groups is 1. The Kier molecular flexibility index (Phi) is 7.06. The molecule has 25 heavy (non-hydrogen) atoms. The SMILES string of the molecule is C=CCOc1ccccc1/C=N\NC(=O)CNc1cccc(OC)c1. The van der Waals surface area contributed by atoms with Gasteiger partial charge in [0.2, 0.25) is 0 Å². The molecule has 0 unspecified atom stereocenters. The number of nitrogens with zero attached hydrogens (tertiary/aromatic N) is 1. The van der Waals surface area contributed by atoms with Gasteiger partial charge in [-0.3, -0.25) is 4.79 Å². The van der Waals surface area contributed by atoms with Gasteiger partial charge >= 0.3 is 0 Å². The van der Waals surface area contributed by atoms with E-state index >= 15 is 0 Å². The topological polar surface area (TPSA) is 72.0 Å². The molecule has 1 amide bonds. The van der Waals surface area contributed by atoms with Gasteiger partial charge in [0, 0.05) is 17.3 Å². The van der Waals surface area contributed by atoms with Gasteiger partial charge in [0.15, 0.2) is 0 Å². The van der Waals surface area contributed by atoms with Gasteiger partial charge in [0.1, 0.15) is 18.1 Å². The molecule has 2 N–H and O–H groups in total. The molecule has 0 aliphatic carbocycles. The highest BCUT2D eigenvalue weighted by Crippen LogP contribution is 2.16. The molecule has 130 valence electrons. The Morgan fingerprint density at radius 1 is 1.24 bits per heavy atom. The molecule has 0 aromatic heterocycles. The molecule has 0 aliphatic heterocycles. The predicted octanol–water partition coefficient (Wildman–Crippen LogP) is 2.82. The minimum atomic E-state index is -0.261. The monoisotopic (exact) mass is 339 g/mol. The maximum absolute atomic E-state index is 11.9. The van der Waals surface area contributed by atoms with Crippen molar-refractivity contribution in [1.29, 1.82) is 0 Å². The largest absolute Gasteiger partial charge is 0.497 e. The summed E-state index contributed by atoms with van der Waals surface area (Å²) in [5.41, 5.74) is 4.04. The Hall–Kier alpha value is -3.28. The van der Waals surface area contributed by atoms with Crippen LogP contribution >= 0.6 is 0 Å². The van der Waals surface area contributed by atoms with Crippen molar-refractivity contribution in [3.63, 3.8) is 0 Å². The van der Waals surface area contributed by atoms with Crippen molar-refractivity contribution in [1.82, 2.24) is 5.43 Å². The van der Waals surface area contributed by atoms with Crippen LogP contribution in [0, 0.1) is 0 Å². The highest BCUT2D eigenvalue weighted by Gasteiger charge is 2.02. The Balaban J connectivity index is 1.85. The van der Waals surface area contributed by atoms with Gasteiger partial charge in [-0.15, -0.1) is 0 Å². The lowest BCUT2D eigenvalue weighted by molar-refractivity contribution is -0.119. The van der Waals surface area contributed by atoms with Crippen LogP contribution in [0.15, 0.2) is 66.3 Å². The van der Waals surface area contributed by atoms with Crippen molar-refractivity contribution in [3.05, 3.63) is 66.7 Å². The van der Waals surface area contributed by atoms with Crippen LogP contribution in [-0.2, 0) is 4.79 Å². The lowest BCUT2D eigenvalue weighted by atomic mass is 10.2. The Bertz CT molecular complexity index is 744. The van der Waals surface area contributed by atoms with Crippen LogP contribution in [0.2, 0.25) is 0 Å². The van der Waals surface area contributed by atoms with Gasteiger partial charge in [-0.2, -0.15) is 5.10 Å². The van der Waals surface area contributed by atoms with Gasteiger partial charge in [-0.25, -0.2) is 5.43 Å². The zero-order chi connectivity index (χ0) is 17.9. The highest BCUT2D eigenvalue weighted by molar-refractivity contribution is 5.86. The number of methoxy groups -OCH3 is 1. The second-order valence-electron chi connectivity index (χ2n) is 5.02. The molecule has 2 aromatic rings. The molecule has 0 saturated carbocycles. The summed E-state index contributed by atoms with van der Waals surface area (Å²) in [6, 6.07) is 14.8. The Morgan fingerprint density at radius 2 is 2.08 bits per heavy atom. The summed E-state index contributed by atoms with van der Waals surface area (Å²) in [6.45, 7) is 4.12. The molecule has 0 bridgehead atoms. The first-order chi connectivity index (χ1) is 12.2. The molecule has 0 saturated heterocycles. The fourth-order valence-corrected chi connectivity index (χ4v) is 2.00. The minimum Gasteiger partial charge on any atom is -0.497 e. The number of carbonyl (C=O) groups excluding carboxylic acids is 1. The third-order valence-electron chi connectivity index (χ3n) is 3.19. The van der Waals surface area contributed by atoms with E-state index in [9.17, 15) is 4.79 Å². The van der Waals surface area contributed by atoms with E-state index in [0.717, 1.165) is 17.0 Å². The maximum Gasteiger partial charge on any atom is 0.259 e. The van der Waals surface area contributed by atoms with E-state index in [1.54, 1.807) is 19.4 Å². The number of carbonyl (C=O) groups is 1. The van der Waals surface area contributed by atoms with Crippen molar-refractivity contribution in [2.75, 3.05) is 25.6 Å². The van der Waals surface area contributed by atoms with Crippen molar-refractivity contribution in [2.45, 2.75) is 0 Å². The van der Waals surface area contributed by atoms with Crippen LogP contribution in [0.5, 0.6) is 11.5 Å². The van der Waals surface area contributed by atoms with Crippen molar-refractivity contribution < 1.29 is 14.3 Å². The number of benzene rings is 2. The molecular weight excluding hydrogens is 318 g/mol. The highest BCUT2D eigenvalue weighted by atomic mass is 16.5. The standard InChI is InChI=1S/C19H21N3O3/c1-3-11-25-18-10-5-4-7-15(18)13-21-22-19(23)14-20-16-8-6-9-17(12-16)24-2/h3-10,12-13,20H,1,11,14H2,2H3,(H,22,23)/b21-13-. The average Bonchev–Trinajstić information content (AvgIpc) is 2.65. The van der Waals surface area contributed by atoms with E-state index in [1.807, 2.05) is 48.5 Å². The van der Waals surface area contributed by atoms with E-state index in [4.69, 9.17) is 9.47 Å². The first-order valence-electron chi connectivity index (χ1n) is 7.75. The number of ether oxygens (including phenoxy) is 2. The predicted molar refractivity (Wildman–Crippen MR) is 99.4 cm³/mol. The second kappa shape index (κ2) is 9.77. The Morgan fingerprint density at radius 3 is 2.88 bits per heavy atom. The number of para-hydroxylation sites is 1. The minimum absolute atomic E-state index is 0.0963. The molecule has 0 fully saturated rings. The number of rotatable bonds is 9. The molecule has 0 atom stereocenters. The summed E-state index contributed by atoms with van der Waals surface area (Å²) >= 11 is 0. The van der Waals surface area contributed by atoms with Gasteiger partial charge in [0.05, 0.1) is 19.9 Å². The van der Waals surface area contributed by atoms with Gasteiger partial charge in [0.25, 0.3) is 5.91 Å². The van der Waals surface area contributed by atoms with E-state index in [2.05, 4.69) is 22.4 Å². The lowest BCUT2D eigenvalue weighted by Crippen LogP contribution is -2.25. The van der Waals surface area contributed by atoms with E-state index in [0.29, 0.717) is 12.4 Å². The van der Waals surface area contributed by atoms with Crippen LogP contribution in [-0.4, -0.2) is 32.4 Å². The number of hydrogen-bond acceptors (Lipinski definition) is 5. The number of anilines is 1. The molecule has 0 spiro atoms. The van der Waals surface area contributed by atoms with Crippen LogP contribution in [0.3, 0.4) is 0 Å². The molecule has 0 radical (unpaired) electrons. The zero-order valence-electron chi connectivity index (χ0n) is 14.1. The first-order valence-corrected chi connectivity index (χ1v) is 7.75. The average molecular weight is 339 g/mol. The van der Waals surface area contributed by atoms with Crippen LogP contribution < -0.4 is 20.2 Å². The van der Waals surface area contributed by atoms with Crippen molar-refractivity contribution in [3.8, 4) is 11.5 Å². The number of nitrogens with one attached hydrogen (secondary N) is 2. The molecule has 6 heteroatoms. The summed E-state index contributed by atoms with van der Waals surface area (Å²) < 4.78 is 10.7. The second-order valence-corrected chi connectivity index (χ2v) is 5.02. The smallest absolute Gasteiger partial charge is 0.259 e. The van der Waals surface area contributed by atoms with E-state index in [1.165, 1.54) is 0 Å². The number of hydrogen-bond donors (Lipinski definition) is 2. The number of amides is 1. The molecule has 2 rings (SSSR count). The molecule has 2 aromatic carbocycles. The fourth-order valence-electron chi connectivity index (χ4n) is 2.00. The summed E-state index contributed by atoms with van der Waals surface area (Å²) in [5, 5.41) is 6.97. The Labute approximate surface area is 147 Å². The summed E-state index contributed by atoms with van der Waals surface area (Å²) in [6.07, 6.45) is 3.21. The summed E-state index contributed by atoms with van der Waals surface area (Å²) in [7, 11) is 1.59. The van der Waals surface area contributed by atoms with Gasteiger partial charge < -0.3 is 14.8 Å². The van der Waals surface area contributed by atoms with E-state index in [-0.39, 0.29) is 12.5 Å². The normalized spacial score (nSPS) is 10.3.